The van der Waals surface area contributed by atoms with Gasteiger partial charge in [0.2, 0.25) is 5.91 Å². The lowest BCUT2D eigenvalue weighted by molar-refractivity contribution is -0.130. The van der Waals surface area contributed by atoms with Gasteiger partial charge in [0.1, 0.15) is 12.4 Å². The number of nitrogens with zero attached hydrogens (tertiary/aromatic N) is 6. The van der Waals surface area contributed by atoms with Gasteiger partial charge in [0.15, 0.2) is 11.5 Å². The van der Waals surface area contributed by atoms with Crippen molar-refractivity contribution < 1.29 is 9.53 Å². The number of carbonyl (C=O) groups is 1. The number of rotatable bonds is 5. The van der Waals surface area contributed by atoms with E-state index >= 15 is 0 Å². The molecule has 0 spiro atoms. The fourth-order valence-electron chi connectivity index (χ4n) is 4.10. The lowest BCUT2D eigenvalue weighted by Crippen LogP contribution is -2.35. The molecule has 0 bridgehead atoms. The smallest absolute Gasteiger partial charge is 0.222 e. The molecule has 1 aliphatic heterocycles. The van der Waals surface area contributed by atoms with E-state index in [4.69, 9.17) is 19.8 Å². The highest BCUT2D eigenvalue weighted by molar-refractivity contribution is 5.91. The zero-order chi connectivity index (χ0) is 22.0. The number of hydrogen-bond acceptors (Lipinski definition) is 6. The number of ether oxygens (including phenoxy) is 1. The van der Waals surface area contributed by atoms with E-state index in [-0.39, 0.29) is 5.91 Å². The van der Waals surface area contributed by atoms with Gasteiger partial charge in [-0.25, -0.2) is 14.6 Å². The minimum absolute atomic E-state index is 0.207. The zero-order valence-corrected chi connectivity index (χ0v) is 18.8. The van der Waals surface area contributed by atoms with Crippen molar-refractivity contribution in [2.24, 2.45) is 0 Å². The van der Waals surface area contributed by atoms with E-state index < -0.39 is 0 Å². The first-order chi connectivity index (χ1) is 15.0. The number of fused-ring (bicyclic) bond motifs is 1. The van der Waals surface area contributed by atoms with Crippen LogP contribution in [-0.2, 0) is 16.1 Å². The predicted octanol–water partition coefficient (Wildman–Crippen LogP) is 3.03. The van der Waals surface area contributed by atoms with E-state index in [2.05, 4.69) is 36.1 Å². The van der Waals surface area contributed by atoms with E-state index in [1.807, 2.05) is 23.4 Å². The van der Waals surface area contributed by atoms with Crippen molar-refractivity contribution in [3.63, 3.8) is 0 Å². The Labute approximate surface area is 182 Å². The Morgan fingerprint density at radius 2 is 1.84 bits per heavy atom. The highest BCUT2D eigenvalue weighted by atomic mass is 16.5. The van der Waals surface area contributed by atoms with Gasteiger partial charge in [-0.3, -0.25) is 4.79 Å². The monoisotopic (exact) mass is 422 g/mol. The molecule has 1 fully saturated rings. The number of aryl methyl sites for hydroxylation is 2. The molecule has 0 unspecified atom stereocenters. The third kappa shape index (κ3) is 4.25. The van der Waals surface area contributed by atoms with Crippen molar-refractivity contribution in [3.8, 4) is 5.69 Å². The number of hydrogen-bond donors (Lipinski definition) is 0. The van der Waals surface area contributed by atoms with Crippen LogP contribution in [0.3, 0.4) is 0 Å². The SMILES string of the molecule is CCC(=O)N1CCCN(c2nc(COC)nc3c2c(C)nn3-c2ccc(C)cc2)CC1. The van der Waals surface area contributed by atoms with Gasteiger partial charge < -0.3 is 14.5 Å². The number of benzene rings is 1. The van der Waals surface area contributed by atoms with Crippen molar-refractivity contribution in [1.29, 1.82) is 0 Å². The molecule has 2 aromatic heterocycles. The van der Waals surface area contributed by atoms with Crippen LogP contribution in [0.4, 0.5) is 5.82 Å². The molecule has 0 saturated carbocycles. The summed E-state index contributed by atoms with van der Waals surface area (Å²) in [5.74, 6) is 1.71. The molecule has 4 rings (SSSR count). The normalized spacial score (nSPS) is 14.8. The van der Waals surface area contributed by atoms with E-state index in [1.165, 1.54) is 5.56 Å². The molecule has 0 aliphatic carbocycles. The van der Waals surface area contributed by atoms with E-state index in [0.717, 1.165) is 54.3 Å². The third-order valence-corrected chi connectivity index (χ3v) is 5.73. The Hall–Kier alpha value is -3.00. The van der Waals surface area contributed by atoms with Gasteiger partial charge in [-0.15, -0.1) is 0 Å². The first kappa shape index (κ1) is 21.2. The van der Waals surface area contributed by atoms with Crippen LogP contribution in [0.1, 0.15) is 36.8 Å². The molecule has 1 saturated heterocycles. The van der Waals surface area contributed by atoms with Crippen LogP contribution < -0.4 is 4.90 Å². The standard InChI is InChI=1S/C23H30N6O2/c1-5-20(30)27-11-6-12-28(14-13-27)22-21-17(3)26-29(18-9-7-16(2)8-10-18)23(21)25-19(24-22)15-31-4/h7-10H,5-6,11-15H2,1-4H3. The largest absolute Gasteiger partial charge is 0.377 e. The molecule has 3 heterocycles. The van der Waals surface area contributed by atoms with Gasteiger partial charge in [0, 0.05) is 39.7 Å². The fraction of sp³-hybridized carbons (Fsp3) is 0.478. The molecular weight excluding hydrogens is 392 g/mol. The molecule has 8 heteroatoms. The molecule has 0 N–H and O–H groups in total. The average Bonchev–Trinajstić information content (AvgIpc) is 2.94. The highest BCUT2D eigenvalue weighted by Gasteiger charge is 2.24. The molecule has 0 atom stereocenters. The summed E-state index contributed by atoms with van der Waals surface area (Å²) < 4.78 is 7.24. The molecule has 0 radical (unpaired) electrons. The predicted molar refractivity (Wildman–Crippen MR) is 121 cm³/mol. The van der Waals surface area contributed by atoms with Gasteiger partial charge in [-0.05, 0) is 32.4 Å². The van der Waals surface area contributed by atoms with Crippen LogP contribution >= 0.6 is 0 Å². The van der Waals surface area contributed by atoms with Crippen molar-refractivity contribution in [3.05, 3.63) is 41.3 Å². The second kappa shape index (κ2) is 9.01. The molecule has 8 nitrogen and oxygen atoms in total. The average molecular weight is 423 g/mol. The first-order valence-electron chi connectivity index (χ1n) is 10.9. The van der Waals surface area contributed by atoms with Gasteiger partial charge in [-0.1, -0.05) is 24.6 Å². The van der Waals surface area contributed by atoms with Crippen LogP contribution in [0.15, 0.2) is 24.3 Å². The summed E-state index contributed by atoms with van der Waals surface area (Å²) in [6, 6.07) is 8.26. The van der Waals surface area contributed by atoms with Gasteiger partial charge in [0.25, 0.3) is 0 Å². The van der Waals surface area contributed by atoms with Crippen LogP contribution in [0.2, 0.25) is 0 Å². The molecule has 1 amide bonds. The topological polar surface area (TPSA) is 76.4 Å². The minimum Gasteiger partial charge on any atom is -0.377 e. The summed E-state index contributed by atoms with van der Waals surface area (Å²) in [7, 11) is 1.65. The number of methoxy groups -OCH3 is 1. The Morgan fingerprint density at radius 3 is 2.55 bits per heavy atom. The fourth-order valence-corrected chi connectivity index (χ4v) is 4.10. The Balaban J connectivity index is 1.79. The lowest BCUT2D eigenvalue weighted by atomic mass is 10.2. The molecular formula is C23H30N6O2. The summed E-state index contributed by atoms with van der Waals surface area (Å²) >= 11 is 0. The summed E-state index contributed by atoms with van der Waals surface area (Å²) in [5.41, 5.74) is 3.83. The number of carbonyl (C=O) groups excluding carboxylic acids is 1. The summed E-state index contributed by atoms with van der Waals surface area (Å²) in [6.45, 7) is 9.36. The van der Waals surface area contributed by atoms with Crippen LogP contribution in [-0.4, -0.2) is 63.8 Å². The number of aromatic nitrogens is 4. The minimum atomic E-state index is 0.207. The Bertz CT molecular complexity index is 1080. The van der Waals surface area contributed by atoms with E-state index in [1.54, 1.807) is 7.11 Å². The van der Waals surface area contributed by atoms with Crippen LogP contribution in [0.5, 0.6) is 0 Å². The molecule has 31 heavy (non-hydrogen) atoms. The van der Waals surface area contributed by atoms with Crippen molar-refractivity contribution in [2.75, 3.05) is 38.2 Å². The summed E-state index contributed by atoms with van der Waals surface area (Å²) in [4.78, 5) is 26.1. The van der Waals surface area contributed by atoms with E-state index in [9.17, 15) is 4.79 Å². The second-order valence-corrected chi connectivity index (χ2v) is 8.00. The Morgan fingerprint density at radius 1 is 1.06 bits per heavy atom. The molecule has 1 aromatic carbocycles. The third-order valence-electron chi connectivity index (χ3n) is 5.73. The number of amides is 1. The highest BCUT2D eigenvalue weighted by Crippen LogP contribution is 2.30. The molecule has 164 valence electrons. The summed E-state index contributed by atoms with van der Waals surface area (Å²) in [6.07, 6.45) is 1.44. The first-order valence-corrected chi connectivity index (χ1v) is 10.9. The lowest BCUT2D eigenvalue weighted by Gasteiger charge is -2.23. The maximum atomic E-state index is 12.2. The van der Waals surface area contributed by atoms with Gasteiger partial charge in [0.05, 0.1) is 16.8 Å². The quantitative estimate of drug-likeness (QED) is 0.629. The van der Waals surface area contributed by atoms with Gasteiger partial charge in [-0.2, -0.15) is 5.10 Å². The van der Waals surface area contributed by atoms with Crippen molar-refractivity contribution >= 4 is 22.8 Å². The number of anilines is 1. The van der Waals surface area contributed by atoms with Crippen molar-refractivity contribution in [1.82, 2.24) is 24.6 Å². The maximum absolute atomic E-state index is 12.2. The van der Waals surface area contributed by atoms with E-state index in [0.29, 0.717) is 25.4 Å². The van der Waals surface area contributed by atoms with Crippen molar-refractivity contribution in [2.45, 2.75) is 40.2 Å². The van der Waals surface area contributed by atoms with Crippen LogP contribution in [0.25, 0.3) is 16.7 Å². The summed E-state index contributed by atoms with van der Waals surface area (Å²) in [5, 5.41) is 5.76. The second-order valence-electron chi connectivity index (χ2n) is 8.00. The van der Waals surface area contributed by atoms with Crippen LogP contribution in [0, 0.1) is 13.8 Å². The molecule has 3 aromatic rings. The van der Waals surface area contributed by atoms with Gasteiger partial charge >= 0.3 is 0 Å². The zero-order valence-electron chi connectivity index (χ0n) is 18.8. The molecule has 1 aliphatic rings. The Kier molecular flexibility index (Phi) is 6.18. The maximum Gasteiger partial charge on any atom is 0.222 e.